The standard InChI is InChI=1S/C19H22N2O4/c1-24-17-9-5-8-14-10-15(12-25-18(14)17)20-19(23)21-16(11-22)13-6-3-2-4-7-13/h2-9,15-16,22H,10-12H2,1H3,(H2,20,21,23)/t15-,16+/m1/s1. The Morgan fingerprint density at radius 2 is 2.08 bits per heavy atom. The molecular formula is C19H22N2O4. The summed E-state index contributed by atoms with van der Waals surface area (Å²) in [5, 5.41) is 15.2. The average Bonchev–Trinajstić information content (AvgIpc) is 2.66. The molecule has 0 radical (unpaired) electrons. The lowest BCUT2D eigenvalue weighted by molar-refractivity contribution is 0.198. The van der Waals surface area contributed by atoms with Crippen molar-refractivity contribution in [1.29, 1.82) is 0 Å². The number of ether oxygens (including phenoxy) is 2. The van der Waals surface area contributed by atoms with E-state index in [2.05, 4.69) is 10.6 Å². The van der Waals surface area contributed by atoms with Crippen LogP contribution in [0.1, 0.15) is 17.2 Å². The summed E-state index contributed by atoms with van der Waals surface area (Å²) in [4.78, 5) is 12.3. The van der Waals surface area contributed by atoms with Crippen LogP contribution in [0.2, 0.25) is 0 Å². The fourth-order valence-electron chi connectivity index (χ4n) is 2.95. The number of urea groups is 1. The number of para-hydroxylation sites is 1. The highest BCUT2D eigenvalue weighted by Crippen LogP contribution is 2.34. The third kappa shape index (κ3) is 4.03. The third-order valence-corrected chi connectivity index (χ3v) is 4.20. The number of rotatable bonds is 5. The van der Waals surface area contributed by atoms with Crippen LogP contribution in [0.15, 0.2) is 48.5 Å². The second kappa shape index (κ2) is 7.90. The summed E-state index contributed by atoms with van der Waals surface area (Å²) in [6, 6.07) is 14.2. The molecule has 0 fully saturated rings. The maximum atomic E-state index is 12.3. The van der Waals surface area contributed by atoms with Gasteiger partial charge in [0, 0.05) is 5.56 Å². The molecule has 3 rings (SSSR count). The molecule has 2 amide bonds. The van der Waals surface area contributed by atoms with Crippen LogP contribution in [-0.4, -0.2) is 37.5 Å². The second-order valence-electron chi connectivity index (χ2n) is 5.92. The van der Waals surface area contributed by atoms with Gasteiger partial charge in [0.05, 0.1) is 25.8 Å². The van der Waals surface area contributed by atoms with E-state index in [1.54, 1.807) is 7.11 Å². The number of fused-ring (bicyclic) bond motifs is 1. The van der Waals surface area contributed by atoms with Gasteiger partial charge in [0.25, 0.3) is 0 Å². The summed E-state index contributed by atoms with van der Waals surface area (Å²) in [5.74, 6) is 1.44. The minimum atomic E-state index is -0.446. The summed E-state index contributed by atoms with van der Waals surface area (Å²) < 4.78 is 11.1. The molecular weight excluding hydrogens is 320 g/mol. The van der Waals surface area contributed by atoms with Crippen molar-refractivity contribution < 1.29 is 19.4 Å². The molecule has 2 aromatic carbocycles. The van der Waals surface area contributed by atoms with Crippen molar-refractivity contribution in [3.8, 4) is 11.5 Å². The molecule has 1 heterocycles. The number of hydrogen-bond donors (Lipinski definition) is 3. The van der Waals surface area contributed by atoms with Crippen LogP contribution < -0.4 is 20.1 Å². The number of carbonyl (C=O) groups excluding carboxylic acids is 1. The summed E-state index contributed by atoms with van der Waals surface area (Å²) in [6.45, 7) is 0.203. The van der Waals surface area contributed by atoms with E-state index < -0.39 is 6.04 Å². The smallest absolute Gasteiger partial charge is 0.315 e. The van der Waals surface area contributed by atoms with E-state index in [4.69, 9.17) is 9.47 Å². The zero-order valence-corrected chi connectivity index (χ0v) is 14.1. The minimum absolute atomic E-state index is 0.144. The number of aliphatic hydroxyl groups excluding tert-OH is 1. The Kier molecular flexibility index (Phi) is 5.40. The van der Waals surface area contributed by atoms with E-state index in [0.717, 1.165) is 16.9 Å². The van der Waals surface area contributed by atoms with Crippen LogP contribution in [0.25, 0.3) is 0 Å². The number of aliphatic hydroxyl groups is 1. The van der Waals surface area contributed by atoms with Gasteiger partial charge in [-0.3, -0.25) is 0 Å². The zero-order valence-electron chi connectivity index (χ0n) is 14.1. The highest BCUT2D eigenvalue weighted by Gasteiger charge is 2.24. The average molecular weight is 342 g/mol. The molecule has 132 valence electrons. The quantitative estimate of drug-likeness (QED) is 0.777. The first-order valence-corrected chi connectivity index (χ1v) is 8.22. The monoisotopic (exact) mass is 342 g/mol. The van der Waals surface area contributed by atoms with Gasteiger partial charge in [-0.1, -0.05) is 42.5 Å². The Hall–Kier alpha value is -2.73. The number of benzene rings is 2. The lowest BCUT2D eigenvalue weighted by Gasteiger charge is -2.28. The molecule has 1 aliphatic heterocycles. The van der Waals surface area contributed by atoms with E-state index in [-0.39, 0.29) is 18.7 Å². The van der Waals surface area contributed by atoms with E-state index in [1.807, 2.05) is 48.5 Å². The molecule has 0 aliphatic carbocycles. The Balaban J connectivity index is 1.60. The SMILES string of the molecule is COc1cccc2c1OC[C@H](NC(=O)N[C@@H](CO)c1ccccc1)C2. The molecule has 0 unspecified atom stereocenters. The predicted octanol–water partition coefficient (Wildman–Crippen LogP) is 2.03. The molecule has 6 nitrogen and oxygen atoms in total. The van der Waals surface area contributed by atoms with Crippen LogP contribution in [-0.2, 0) is 6.42 Å². The third-order valence-electron chi connectivity index (χ3n) is 4.20. The van der Waals surface area contributed by atoms with Gasteiger partial charge in [-0.25, -0.2) is 4.79 Å². The van der Waals surface area contributed by atoms with Crippen molar-refractivity contribution in [3.05, 3.63) is 59.7 Å². The lowest BCUT2D eigenvalue weighted by atomic mass is 10.0. The number of amides is 2. The van der Waals surface area contributed by atoms with E-state index in [1.165, 1.54) is 0 Å². The predicted molar refractivity (Wildman–Crippen MR) is 93.9 cm³/mol. The number of carbonyl (C=O) groups is 1. The molecule has 0 saturated heterocycles. The molecule has 0 bridgehead atoms. The van der Waals surface area contributed by atoms with E-state index in [0.29, 0.717) is 18.8 Å². The number of hydrogen-bond acceptors (Lipinski definition) is 4. The normalized spacial score (nSPS) is 17.0. The van der Waals surface area contributed by atoms with Crippen LogP contribution in [0, 0.1) is 0 Å². The van der Waals surface area contributed by atoms with Crippen LogP contribution in [0.3, 0.4) is 0 Å². The first kappa shape index (κ1) is 17.1. The molecule has 2 atom stereocenters. The summed E-state index contributed by atoms with van der Waals surface area (Å²) >= 11 is 0. The molecule has 3 N–H and O–H groups in total. The van der Waals surface area contributed by atoms with Crippen molar-refractivity contribution in [2.75, 3.05) is 20.3 Å². The number of nitrogens with one attached hydrogen (secondary N) is 2. The van der Waals surface area contributed by atoms with Crippen molar-refractivity contribution in [2.45, 2.75) is 18.5 Å². The van der Waals surface area contributed by atoms with Gasteiger partial charge >= 0.3 is 6.03 Å². The molecule has 25 heavy (non-hydrogen) atoms. The topological polar surface area (TPSA) is 79.8 Å². The first-order valence-electron chi connectivity index (χ1n) is 8.22. The Morgan fingerprint density at radius 3 is 2.80 bits per heavy atom. The first-order chi connectivity index (χ1) is 12.2. The van der Waals surface area contributed by atoms with Gasteiger partial charge in [0.1, 0.15) is 6.61 Å². The minimum Gasteiger partial charge on any atom is -0.493 e. The summed E-state index contributed by atoms with van der Waals surface area (Å²) in [6.07, 6.45) is 0.662. The van der Waals surface area contributed by atoms with Crippen molar-refractivity contribution in [2.24, 2.45) is 0 Å². The lowest BCUT2D eigenvalue weighted by Crippen LogP contribution is -2.48. The van der Waals surface area contributed by atoms with Gasteiger partial charge in [-0.2, -0.15) is 0 Å². The fourth-order valence-corrected chi connectivity index (χ4v) is 2.95. The van der Waals surface area contributed by atoms with Gasteiger partial charge in [0.2, 0.25) is 0 Å². The number of methoxy groups -OCH3 is 1. The van der Waals surface area contributed by atoms with Gasteiger partial charge in [-0.05, 0) is 18.1 Å². The molecule has 0 spiro atoms. The Morgan fingerprint density at radius 1 is 1.28 bits per heavy atom. The van der Waals surface area contributed by atoms with Gasteiger partial charge in [-0.15, -0.1) is 0 Å². The maximum Gasteiger partial charge on any atom is 0.315 e. The maximum absolute atomic E-state index is 12.3. The van der Waals surface area contributed by atoms with Crippen LogP contribution in [0.4, 0.5) is 4.79 Å². The van der Waals surface area contributed by atoms with E-state index >= 15 is 0 Å². The van der Waals surface area contributed by atoms with Crippen molar-refractivity contribution in [3.63, 3.8) is 0 Å². The zero-order chi connectivity index (χ0) is 17.6. The van der Waals surface area contributed by atoms with Crippen LogP contribution >= 0.6 is 0 Å². The second-order valence-corrected chi connectivity index (χ2v) is 5.92. The largest absolute Gasteiger partial charge is 0.493 e. The van der Waals surface area contributed by atoms with E-state index in [9.17, 15) is 9.90 Å². The highest BCUT2D eigenvalue weighted by atomic mass is 16.5. The molecule has 0 saturated carbocycles. The summed E-state index contributed by atoms with van der Waals surface area (Å²) in [7, 11) is 1.61. The highest BCUT2D eigenvalue weighted by molar-refractivity contribution is 5.75. The van der Waals surface area contributed by atoms with Gasteiger partial charge in [0.15, 0.2) is 11.5 Å². The Bertz CT molecular complexity index is 721. The fraction of sp³-hybridized carbons (Fsp3) is 0.316. The molecule has 2 aromatic rings. The van der Waals surface area contributed by atoms with Crippen molar-refractivity contribution >= 4 is 6.03 Å². The molecule has 1 aliphatic rings. The Labute approximate surface area is 146 Å². The van der Waals surface area contributed by atoms with Crippen LogP contribution in [0.5, 0.6) is 11.5 Å². The van der Waals surface area contributed by atoms with Gasteiger partial charge < -0.3 is 25.2 Å². The molecule has 6 heteroatoms. The molecule has 0 aromatic heterocycles. The van der Waals surface area contributed by atoms with Crippen molar-refractivity contribution in [1.82, 2.24) is 10.6 Å². The summed E-state index contributed by atoms with van der Waals surface area (Å²) in [5.41, 5.74) is 1.85.